The number of aliphatic imine (C=N–C) groups is 1. The molecule has 9 heteroatoms. The van der Waals surface area contributed by atoms with Crippen LogP contribution in [0.3, 0.4) is 0 Å². The van der Waals surface area contributed by atoms with E-state index in [1.165, 1.54) is 13.2 Å². The molecule has 1 aromatic carbocycles. The van der Waals surface area contributed by atoms with E-state index >= 15 is 0 Å². The van der Waals surface area contributed by atoms with Gasteiger partial charge in [0.05, 0.1) is 13.7 Å². The Balaban J connectivity index is 0.00000364. The highest BCUT2D eigenvalue weighted by Gasteiger charge is 2.23. The van der Waals surface area contributed by atoms with Gasteiger partial charge in [0.25, 0.3) is 0 Å². The number of nitrogens with zero attached hydrogens (tertiary/aromatic N) is 2. The summed E-state index contributed by atoms with van der Waals surface area (Å²) in [5.41, 5.74) is 0.235. The Morgan fingerprint density at radius 1 is 1.41 bits per heavy atom. The number of ether oxygens (including phenoxy) is 1. The molecule has 0 saturated carbocycles. The van der Waals surface area contributed by atoms with Crippen LogP contribution in [0, 0.1) is 5.82 Å². The van der Waals surface area contributed by atoms with Crippen LogP contribution in [-0.4, -0.2) is 61.4 Å². The standard InChI is InChI=1S/C18H27FN4O3.HI/c1-3-20-17(21-12-16(24)14-6-4-5-7-15(14)19)22-13-8-10-23(11-9-13)18(25)26-2;/h4-7,13,16,24H,3,8-12H2,1-2H3,(H2,20,21,22);1H. The number of hydrogen-bond acceptors (Lipinski definition) is 4. The van der Waals surface area contributed by atoms with Crippen molar-refractivity contribution in [3.63, 3.8) is 0 Å². The van der Waals surface area contributed by atoms with Crippen LogP contribution in [0.15, 0.2) is 29.3 Å². The summed E-state index contributed by atoms with van der Waals surface area (Å²) in [6, 6.07) is 6.31. The molecule has 1 heterocycles. The number of aliphatic hydroxyl groups excluding tert-OH is 1. The Labute approximate surface area is 176 Å². The maximum Gasteiger partial charge on any atom is 0.409 e. The van der Waals surface area contributed by atoms with Gasteiger partial charge >= 0.3 is 6.09 Å². The summed E-state index contributed by atoms with van der Waals surface area (Å²) < 4.78 is 18.5. The van der Waals surface area contributed by atoms with Gasteiger partial charge in [-0.25, -0.2) is 9.18 Å². The Morgan fingerprint density at radius 2 is 2.07 bits per heavy atom. The van der Waals surface area contributed by atoms with E-state index in [4.69, 9.17) is 4.74 Å². The van der Waals surface area contributed by atoms with Gasteiger partial charge in [0.15, 0.2) is 5.96 Å². The van der Waals surface area contributed by atoms with Gasteiger partial charge in [-0.1, -0.05) is 18.2 Å². The number of likely N-dealkylation sites (tertiary alicyclic amines) is 1. The van der Waals surface area contributed by atoms with Crippen LogP contribution in [0.25, 0.3) is 0 Å². The molecule has 0 bridgehead atoms. The van der Waals surface area contributed by atoms with Crippen molar-refractivity contribution in [2.24, 2.45) is 4.99 Å². The van der Waals surface area contributed by atoms with E-state index in [9.17, 15) is 14.3 Å². The molecule has 1 aliphatic rings. The Kier molecular flexibility index (Phi) is 10.4. The zero-order chi connectivity index (χ0) is 18.9. The number of guanidine groups is 1. The minimum Gasteiger partial charge on any atom is -0.453 e. The lowest BCUT2D eigenvalue weighted by atomic mass is 10.1. The van der Waals surface area contributed by atoms with E-state index in [0.717, 1.165) is 12.8 Å². The van der Waals surface area contributed by atoms with Gasteiger partial charge in [0, 0.05) is 31.2 Å². The van der Waals surface area contributed by atoms with Crippen molar-refractivity contribution in [2.75, 3.05) is 33.3 Å². The number of carbonyl (C=O) groups is 1. The lowest BCUT2D eigenvalue weighted by molar-refractivity contribution is 0.111. The predicted octanol–water partition coefficient (Wildman–Crippen LogP) is 2.26. The van der Waals surface area contributed by atoms with Crippen molar-refractivity contribution < 1.29 is 19.0 Å². The molecule has 2 rings (SSSR count). The average Bonchev–Trinajstić information content (AvgIpc) is 2.66. The third-order valence-electron chi connectivity index (χ3n) is 4.30. The van der Waals surface area contributed by atoms with Crippen LogP contribution in [0.2, 0.25) is 0 Å². The van der Waals surface area contributed by atoms with E-state index in [-0.39, 0.29) is 48.2 Å². The first-order valence-electron chi connectivity index (χ1n) is 8.85. The molecule has 1 aliphatic heterocycles. The number of amides is 1. The molecule has 7 nitrogen and oxygen atoms in total. The number of hydrogen-bond donors (Lipinski definition) is 3. The maximum atomic E-state index is 13.7. The molecular weight excluding hydrogens is 466 g/mol. The Hall–Kier alpha value is -1.62. The molecule has 1 atom stereocenters. The van der Waals surface area contributed by atoms with Gasteiger partial charge in [-0.3, -0.25) is 4.99 Å². The fourth-order valence-corrected chi connectivity index (χ4v) is 2.87. The van der Waals surface area contributed by atoms with E-state index in [0.29, 0.717) is 25.6 Å². The molecule has 152 valence electrons. The molecule has 0 aliphatic carbocycles. The van der Waals surface area contributed by atoms with E-state index in [1.54, 1.807) is 23.1 Å². The van der Waals surface area contributed by atoms with Gasteiger partial charge in [-0.2, -0.15) is 0 Å². The third kappa shape index (κ3) is 7.13. The fourth-order valence-electron chi connectivity index (χ4n) is 2.87. The molecule has 1 unspecified atom stereocenters. The number of nitrogens with one attached hydrogen (secondary N) is 2. The Bertz CT molecular complexity index is 624. The zero-order valence-corrected chi connectivity index (χ0v) is 18.0. The highest BCUT2D eigenvalue weighted by atomic mass is 127. The van der Waals surface area contributed by atoms with Crippen molar-refractivity contribution in [1.29, 1.82) is 0 Å². The summed E-state index contributed by atoms with van der Waals surface area (Å²) in [7, 11) is 1.38. The van der Waals surface area contributed by atoms with E-state index in [2.05, 4.69) is 15.6 Å². The smallest absolute Gasteiger partial charge is 0.409 e. The number of rotatable bonds is 5. The SMILES string of the molecule is CCNC(=NCC(O)c1ccccc1F)NC1CCN(C(=O)OC)CC1.I. The van der Waals surface area contributed by atoms with Crippen LogP contribution < -0.4 is 10.6 Å². The molecule has 1 aromatic rings. The summed E-state index contributed by atoms with van der Waals surface area (Å²) in [5.74, 6) is 0.128. The molecule has 0 radical (unpaired) electrons. The first-order valence-corrected chi connectivity index (χ1v) is 8.85. The summed E-state index contributed by atoms with van der Waals surface area (Å²) >= 11 is 0. The second kappa shape index (κ2) is 12.0. The number of halogens is 2. The molecule has 1 fully saturated rings. The van der Waals surface area contributed by atoms with Crippen molar-refractivity contribution in [3.8, 4) is 0 Å². The van der Waals surface area contributed by atoms with Crippen LogP contribution in [0.5, 0.6) is 0 Å². The van der Waals surface area contributed by atoms with E-state index in [1.807, 2.05) is 6.92 Å². The number of methoxy groups -OCH3 is 1. The lowest BCUT2D eigenvalue weighted by Crippen LogP contribution is -2.49. The average molecular weight is 494 g/mol. The molecule has 1 amide bonds. The molecule has 3 N–H and O–H groups in total. The van der Waals surface area contributed by atoms with Gasteiger partial charge in [0.2, 0.25) is 0 Å². The first-order chi connectivity index (χ1) is 12.5. The van der Waals surface area contributed by atoms with Crippen molar-refractivity contribution >= 4 is 36.0 Å². The van der Waals surface area contributed by atoms with Gasteiger partial charge in [-0.15, -0.1) is 24.0 Å². The van der Waals surface area contributed by atoms with Gasteiger partial charge in [0.1, 0.15) is 11.9 Å². The minimum atomic E-state index is -1.01. The molecule has 0 aromatic heterocycles. The summed E-state index contributed by atoms with van der Waals surface area (Å²) in [5, 5.41) is 16.6. The van der Waals surface area contributed by atoms with Gasteiger partial charge in [-0.05, 0) is 25.8 Å². The van der Waals surface area contributed by atoms with E-state index < -0.39 is 11.9 Å². The fraction of sp³-hybridized carbons (Fsp3) is 0.556. The summed E-state index contributed by atoms with van der Waals surface area (Å²) in [4.78, 5) is 17.6. The minimum absolute atomic E-state index is 0. The molecule has 0 spiro atoms. The third-order valence-corrected chi connectivity index (χ3v) is 4.30. The predicted molar refractivity (Wildman–Crippen MR) is 113 cm³/mol. The Morgan fingerprint density at radius 3 is 2.67 bits per heavy atom. The normalized spacial score (nSPS) is 16.3. The number of piperidine rings is 1. The molecule has 1 saturated heterocycles. The lowest BCUT2D eigenvalue weighted by Gasteiger charge is -2.32. The largest absolute Gasteiger partial charge is 0.453 e. The molecular formula is C18H28FIN4O3. The number of benzene rings is 1. The highest BCUT2D eigenvalue weighted by molar-refractivity contribution is 14.0. The summed E-state index contributed by atoms with van der Waals surface area (Å²) in [6.45, 7) is 3.90. The zero-order valence-electron chi connectivity index (χ0n) is 15.7. The van der Waals surface area contributed by atoms with Crippen LogP contribution in [0.1, 0.15) is 31.4 Å². The first kappa shape index (κ1) is 23.4. The van der Waals surface area contributed by atoms with Crippen molar-refractivity contribution in [2.45, 2.75) is 31.9 Å². The maximum absolute atomic E-state index is 13.7. The quantitative estimate of drug-likeness (QED) is 0.332. The van der Waals surface area contributed by atoms with Crippen molar-refractivity contribution in [3.05, 3.63) is 35.6 Å². The molecule has 27 heavy (non-hydrogen) atoms. The number of carbonyl (C=O) groups excluding carboxylic acids is 1. The van der Waals surface area contributed by atoms with Gasteiger partial charge < -0.3 is 25.4 Å². The monoisotopic (exact) mass is 494 g/mol. The highest BCUT2D eigenvalue weighted by Crippen LogP contribution is 2.17. The van der Waals surface area contributed by atoms with Crippen molar-refractivity contribution in [1.82, 2.24) is 15.5 Å². The second-order valence-corrected chi connectivity index (χ2v) is 6.13. The van der Waals surface area contributed by atoms with Crippen LogP contribution in [-0.2, 0) is 4.74 Å². The summed E-state index contributed by atoms with van der Waals surface area (Å²) in [6.07, 6.45) is 0.231. The number of aliphatic hydroxyl groups is 1. The second-order valence-electron chi connectivity index (χ2n) is 6.13. The van der Waals surface area contributed by atoms with Crippen LogP contribution in [0.4, 0.5) is 9.18 Å². The van der Waals surface area contributed by atoms with Crippen LogP contribution >= 0.6 is 24.0 Å². The topological polar surface area (TPSA) is 86.2 Å².